The lowest BCUT2D eigenvalue weighted by atomic mass is 9.65. The van der Waals surface area contributed by atoms with Crippen molar-refractivity contribution in [2.45, 2.75) is 25.3 Å². The van der Waals surface area contributed by atoms with Crippen LogP contribution in [0.1, 0.15) is 24.6 Å². The first-order valence-corrected chi connectivity index (χ1v) is 6.00. The van der Waals surface area contributed by atoms with Gasteiger partial charge in [-0.3, -0.25) is 4.79 Å². The Balaban J connectivity index is 2.28. The van der Waals surface area contributed by atoms with Crippen LogP contribution in [0.25, 0.3) is 0 Å². The Morgan fingerprint density at radius 2 is 2.35 bits per heavy atom. The average Bonchev–Trinajstić information content (AvgIpc) is 2.27. The second-order valence-corrected chi connectivity index (χ2v) is 4.87. The molecule has 0 saturated heterocycles. The van der Waals surface area contributed by atoms with Crippen molar-refractivity contribution in [1.29, 1.82) is 0 Å². The SMILES string of the molecule is C/C=C1\C2C=CCC1(N)c1ccc(=O)[nH]c1C2. The smallest absolute Gasteiger partial charge is 0.248 e. The molecule has 1 aromatic rings. The molecule has 2 atom stereocenters. The Hall–Kier alpha value is -1.61. The molecule has 3 rings (SSSR count). The third kappa shape index (κ3) is 1.35. The van der Waals surface area contributed by atoms with Crippen LogP contribution < -0.4 is 11.3 Å². The standard InChI is InChI=1S/C14H16N2O/c1-2-10-9-4-3-7-14(10,15)11-5-6-13(17)16-12(11)8-9/h2-6,9H,7-8,15H2,1H3,(H,16,17)/b10-2+. The molecular weight excluding hydrogens is 212 g/mol. The largest absolute Gasteiger partial charge is 0.326 e. The van der Waals surface area contributed by atoms with Crippen LogP contribution in [0.5, 0.6) is 0 Å². The predicted octanol–water partition coefficient (Wildman–Crippen LogP) is 1.61. The number of hydrogen-bond acceptors (Lipinski definition) is 2. The lowest BCUT2D eigenvalue weighted by Gasteiger charge is -2.43. The minimum atomic E-state index is -0.425. The van der Waals surface area contributed by atoms with Gasteiger partial charge in [-0.25, -0.2) is 0 Å². The molecule has 0 aliphatic heterocycles. The zero-order valence-corrected chi connectivity index (χ0v) is 9.86. The van der Waals surface area contributed by atoms with E-state index in [2.05, 4.69) is 23.2 Å². The topological polar surface area (TPSA) is 58.9 Å². The van der Waals surface area contributed by atoms with Crippen LogP contribution in [0.3, 0.4) is 0 Å². The molecule has 2 aliphatic rings. The fourth-order valence-corrected chi connectivity index (χ4v) is 3.20. The molecule has 0 amide bonds. The second-order valence-electron chi connectivity index (χ2n) is 4.87. The van der Waals surface area contributed by atoms with Gasteiger partial charge in [0.15, 0.2) is 0 Å². The van der Waals surface area contributed by atoms with Crippen LogP contribution in [-0.4, -0.2) is 4.98 Å². The van der Waals surface area contributed by atoms with Gasteiger partial charge in [0.1, 0.15) is 0 Å². The number of nitrogens with one attached hydrogen (secondary N) is 1. The molecule has 3 N–H and O–H groups in total. The van der Waals surface area contributed by atoms with E-state index in [9.17, 15) is 4.79 Å². The first-order valence-electron chi connectivity index (χ1n) is 6.00. The van der Waals surface area contributed by atoms with Crippen molar-refractivity contribution in [3.63, 3.8) is 0 Å². The van der Waals surface area contributed by atoms with Gasteiger partial charge in [0.25, 0.3) is 0 Å². The first-order chi connectivity index (χ1) is 8.15. The summed E-state index contributed by atoms with van der Waals surface area (Å²) in [6.45, 7) is 2.04. The summed E-state index contributed by atoms with van der Waals surface area (Å²) in [6, 6.07) is 3.45. The molecule has 3 nitrogen and oxygen atoms in total. The normalized spacial score (nSPS) is 32.6. The average molecular weight is 228 g/mol. The van der Waals surface area contributed by atoms with Gasteiger partial charge in [-0.1, -0.05) is 18.2 Å². The summed E-state index contributed by atoms with van der Waals surface area (Å²) >= 11 is 0. The summed E-state index contributed by atoms with van der Waals surface area (Å²) in [4.78, 5) is 14.3. The molecule has 0 fully saturated rings. The van der Waals surface area contributed by atoms with E-state index in [1.54, 1.807) is 6.07 Å². The first kappa shape index (κ1) is 10.5. The lowest BCUT2D eigenvalue weighted by Crippen LogP contribution is -2.47. The highest BCUT2D eigenvalue weighted by molar-refractivity contribution is 5.47. The quantitative estimate of drug-likeness (QED) is 0.663. The molecule has 2 aliphatic carbocycles. The Morgan fingerprint density at radius 1 is 1.53 bits per heavy atom. The van der Waals surface area contributed by atoms with E-state index in [1.165, 1.54) is 5.57 Å². The molecule has 3 heteroatoms. The number of aromatic nitrogens is 1. The maximum atomic E-state index is 11.4. The van der Waals surface area contributed by atoms with Crippen molar-refractivity contribution < 1.29 is 0 Å². The van der Waals surface area contributed by atoms with Crippen molar-refractivity contribution >= 4 is 0 Å². The number of H-pyrrole nitrogens is 1. The highest BCUT2D eigenvalue weighted by Gasteiger charge is 2.42. The molecule has 0 spiro atoms. The number of fused-ring (bicyclic) bond motifs is 4. The zero-order valence-electron chi connectivity index (χ0n) is 9.86. The van der Waals surface area contributed by atoms with Crippen molar-refractivity contribution in [3.05, 3.63) is 57.5 Å². The van der Waals surface area contributed by atoms with E-state index in [4.69, 9.17) is 5.73 Å². The predicted molar refractivity (Wildman–Crippen MR) is 67.6 cm³/mol. The third-order valence-corrected chi connectivity index (χ3v) is 3.94. The van der Waals surface area contributed by atoms with Crippen LogP contribution >= 0.6 is 0 Å². The second kappa shape index (κ2) is 3.44. The molecule has 1 aromatic heterocycles. The van der Waals surface area contributed by atoms with Gasteiger partial charge >= 0.3 is 0 Å². The van der Waals surface area contributed by atoms with Crippen molar-refractivity contribution in [1.82, 2.24) is 4.98 Å². The van der Waals surface area contributed by atoms with Gasteiger partial charge in [0.2, 0.25) is 5.56 Å². The molecule has 17 heavy (non-hydrogen) atoms. The minimum Gasteiger partial charge on any atom is -0.326 e. The van der Waals surface area contributed by atoms with Gasteiger partial charge in [-0.15, -0.1) is 0 Å². The monoisotopic (exact) mass is 228 g/mol. The van der Waals surface area contributed by atoms with Gasteiger partial charge in [0.05, 0.1) is 5.54 Å². The fourth-order valence-electron chi connectivity index (χ4n) is 3.20. The molecule has 2 bridgehead atoms. The Morgan fingerprint density at radius 3 is 3.12 bits per heavy atom. The molecule has 0 aromatic carbocycles. The Kier molecular flexibility index (Phi) is 2.13. The van der Waals surface area contributed by atoms with E-state index in [-0.39, 0.29) is 5.56 Å². The van der Waals surface area contributed by atoms with Gasteiger partial charge in [-0.2, -0.15) is 0 Å². The van der Waals surface area contributed by atoms with Crippen LogP contribution in [0.2, 0.25) is 0 Å². The number of aromatic amines is 1. The number of hydrogen-bond donors (Lipinski definition) is 2. The number of rotatable bonds is 0. The number of allylic oxidation sites excluding steroid dienone is 2. The van der Waals surface area contributed by atoms with Crippen LogP contribution in [-0.2, 0) is 12.0 Å². The third-order valence-electron chi connectivity index (χ3n) is 3.94. The lowest BCUT2D eigenvalue weighted by molar-refractivity contribution is 0.421. The number of pyridine rings is 1. The summed E-state index contributed by atoms with van der Waals surface area (Å²) in [5.74, 6) is 0.337. The molecule has 88 valence electrons. The Labute approximate surface area is 100 Å². The molecule has 0 radical (unpaired) electrons. The summed E-state index contributed by atoms with van der Waals surface area (Å²) in [6.07, 6.45) is 8.14. The van der Waals surface area contributed by atoms with Crippen molar-refractivity contribution in [2.75, 3.05) is 0 Å². The Bertz CT molecular complexity index is 582. The van der Waals surface area contributed by atoms with E-state index >= 15 is 0 Å². The van der Waals surface area contributed by atoms with Crippen molar-refractivity contribution in [2.24, 2.45) is 11.7 Å². The summed E-state index contributed by atoms with van der Waals surface area (Å²) in [5, 5.41) is 0. The van der Waals surface area contributed by atoms with Crippen molar-refractivity contribution in [3.8, 4) is 0 Å². The van der Waals surface area contributed by atoms with E-state index < -0.39 is 5.54 Å². The maximum absolute atomic E-state index is 11.4. The molecule has 1 heterocycles. The summed E-state index contributed by atoms with van der Waals surface area (Å²) in [7, 11) is 0. The number of nitrogens with two attached hydrogens (primary N) is 1. The highest BCUT2D eigenvalue weighted by Crippen LogP contribution is 2.45. The molecule has 2 unspecified atom stereocenters. The highest BCUT2D eigenvalue weighted by atomic mass is 16.1. The van der Waals surface area contributed by atoms with Gasteiger partial charge in [-0.05, 0) is 37.0 Å². The molecular formula is C14H16N2O. The molecule has 0 saturated carbocycles. The summed E-state index contributed by atoms with van der Waals surface area (Å²) < 4.78 is 0. The van der Waals surface area contributed by atoms with Gasteiger partial charge in [0, 0.05) is 17.7 Å². The summed E-state index contributed by atoms with van der Waals surface area (Å²) in [5.41, 5.74) is 9.46. The fraction of sp³-hybridized carbons (Fsp3) is 0.357. The van der Waals surface area contributed by atoms with Crippen LogP contribution in [0, 0.1) is 5.92 Å². The van der Waals surface area contributed by atoms with Crippen LogP contribution in [0.15, 0.2) is 40.7 Å². The maximum Gasteiger partial charge on any atom is 0.248 e. The minimum absolute atomic E-state index is 0.0432. The van der Waals surface area contributed by atoms with E-state index in [0.717, 1.165) is 24.1 Å². The van der Waals surface area contributed by atoms with E-state index in [0.29, 0.717) is 5.92 Å². The van der Waals surface area contributed by atoms with Gasteiger partial charge < -0.3 is 10.7 Å². The van der Waals surface area contributed by atoms with Crippen LogP contribution in [0.4, 0.5) is 0 Å². The zero-order chi connectivity index (χ0) is 12.0. The van der Waals surface area contributed by atoms with E-state index in [1.807, 2.05) is 13.0 Å².